The highest BCUT2D eigenvalue weighted by atomic mass is 32.2. The van der Waals surface area contributed by atoms with Crippen LogP contribution < -0.4 is 9.46 Å². The monoisotopic (exact) mass is 538 g/mol. The Morgan fingerprint density at radius 2 is 1.82 bits per heavy atom. The molecule has 3 aromatic rings. The predicted octanol–water partition coefficient (Wildman–Crippen LogP) is 2.91. The molecule has 2 aromatic carbocycles. The number of ether oxygens (including phenoxy) is 1. The Morgan fingerprint density at radius 3 is 2.45 bits per heavy atom. The molecule has 0 radical (unpaired) electrons. The number of rotatable bonds is 10. The molecule has 1 aliphatic heterocycles. The number of hydrogen-bond acceptors (Lipinski definition) is 7. The average molecular weight is 539 g/mol. The average Bonchev–Trinajstić information content (AvgIpc) is 2.85. The second kappa shape index (κ2) is 10.4. The molecule has 0 atom stereocenters. The number of nitrogens with one attached hydrogen (secondary N) is 1. The molecule has 202 valence electrons. The highest BCUT2D eigenvalue weighted by molar-refractivity contribution is 7.89. The van der Waals surface area contributed by atoms with E-state index in [9.17, 15) is 18.0 Å². The molecule has 1 aliphatic rings. The summed E-state index contributed by atoms with van der Waals surface area (Å²) in [6.07, 6.45) is 0.655. The first-order valence-electron chi connectivity index (χ1n) is 12.4. The number of aromatic nitrogens is 1. The Bertz CT molecular complexity index is 1450. The van der Waals surface area contributed by atoms with Gasteiger partial charge in [-0.2, -0.15) is 0 Å². The zero-order valence-electron chi connectivity index (χ0n) is 22.4. The van der Waals surface area contributed by atoms with Gasteiger partial charge in [0.2, 0.25) is 15.9 Å². The number of sulfonamides is 1. The fourth-order valence-electron chi connectivity index (χ4n) is 4.54. The number of para-hydroxylation sites is 1. The van der Waals surface area contributed by atoms with Crippen LogP contribution in [-0.4, -0.2) is 73.7 Å². The molecule has 1 fully saturated rings. The van der Waals surface area contributed by atoms with Gasteiger partial charge in [0.25, 0.3) is 0 Å². The summed E-state index contributed by atoms with van der Waals surface area (Å²) in [5, 5.41) is 1.00. The second-order valence-electron chi connectivity index (χ2n) is 10.6. The van der Waals surface area contributed by atoms with Crippen molar-refractivity contribution in [3.05, 3.63) is 65.9 Å². The van der Waals surface area contributed by atoms with Crippen molar-refractivity contribution in [2.45, 2.75) is 49.8 Å². The zero-order valence-corrected chi connectivity index (χ0v) is 23.2. The Balaban J connectivity index is 1.44. The van der Waals surface area contributed by atoms with E-state index < -0.39 is 21.1 Å². The molecule has 10 heteroatoms. The van der Waals surface area contributed by atoms with Crippen molar-refractivity contribution in [1.82, 2.24) is 19.5 Å². The third kappa shape index (κ3) is 5.57. The number of carbonyl (C=O) groups is 2. The largest absolute Gasteiger partial charge is 0.489 e. The number of likely N-dealkylation sites (N-methyl/N-ethyl adjacent to an activating group) is 1. The maximum Gasteiger partial charge on any atom is 0.242 e. The lowest BCUT2D eigenvalue weighted by Crippen LogP contribution is -2.73. The molecule has 0 aliphatic carbocycles. The minimum Gasteiger partial charge on any atom is -0.489 e. The van der Waals surface area contributed by atoms with E-state index in [2.05, 4.69) is 9.71 Å². The van der Waals surface area contributed by atoms with Crippen molar-refractivity contribution in [3.63, 3.8) is 0 Å². The van der Waals surface area contributed by atoms with Crippen LogP contribution >= 0.6 is 0 Å². The minimum atomic E-state index is -3.94. The first kappa shape index (κ1) is 27.7. The first-order valence-corrected chi connectivity index (χ1v) is 13.9. The summed E-state index contributed by atoms with van der Waals surface area (Å²) >= 11 is 0. The Labute approximate surface area is 223 Å². The van der Waals surface area contributed by atoms with Crippen LogP contribution in [0.3, 0.4) is 0 Å². The third-order valence-corrected chi connectivity index (χ3v) is 8.79. The molecular weight excluding hydrogens is 504 g/mol. The smallest absolute Gasteiger partial charge is 0.242 e. The normalized spacial score (nSPS) is 15.4. The van der Waals surface area contributed by atoms with E-state index in [1.165, 1.54) is 12.1 Å². The van der Waals surface area contributed by atoms with Gasteiger partial charge in [-0.25, -0.2) is 13.1 Å². The van der Waals surface area contributed by atoms with Crippen molar-refractivity contribution in [1.29, 1.82) is 0 Å². The molecule has 1 saturated heterocycles. The summed E-state index contributed by atoms with van der Waals surface area (Å²) in [4.78, 5) is 32.3. The van der Waals surface area contributed by atoms with Gasteiger partial charge in [0.1, 0.15) is 18.6 Å². The maximum atomic E-state index is 13.2. The molecule has 2 heterocycles. The summed E-state index contributed by atoms with van der Waals surface area (Å²) in [7, 11) is -0.317. The van der Waals surface area contributed by atoms with E-state index in [-0.39, 0.29) is 30.3 Å². The summed E-state index contributed by atoms with van der Waals surface area (Å²) in [5.74, 6) is 0.401. The molecule has 0 bridgehead atoms. The number of fused-ring (bicyclic) bond motifs is 1. The third-order valence-electron chi connectivity index (χ3n) is 7.20. The van der Waals surface area contributed by atoms with Crippen LogP contribution in [0.2, 0.25) is 0 Å². The fourth-order valence-corrected chi connectivity index (χ4v) is 5.93. The van der Waals surface area contributed by atoms with Crippen LogP contribution in [0.1, 0.15) is 31.5 Å². The van der Waals surface area contributed by atoms with Crippen molar-refractivity contribution in [2.24, 2.45) is 0 Å². The molecule has 0 unspecified atom stereocenters. The van der Waals surface area contributed by atoms with Gasteiger partial charge in [-0.1, -0.05) is 18.2 Å². The lowest BCUT2D eigenvalue weighted by atomic mass is 9.86. The molecule has 0 saturated carbocycles. The van der Waals surface area contributed by atoms with Crippen LogP contribution in [0.4, 0.5) is 0 Å². The number of nitrogens with zero attached hydrogens (tertiary/aromatic N) is 3. The second-order valence-corrected chi connectivity index (χ2v) is 12.3. The number of carbonyl (C=O) groups excluding carboxylic acids is 2. The van der Waals surface area contributed by atoms with Gasteiger partial charge in [0.15, 0.2) is 0 Å². The van der Waals surface area contributed by atoms with E-state index in [1.54, 1.807) is 35.8 Å². The SMILES string of the molecule is Cc1cc(COc2ccc(S(=O)(=O)NC3(CC=O)CN(C(=O)C(C)(C)N(C)C)C3)cc2)c2ccccc2n1. The van der Waals surface area contributed by atoms with Crippen molar-refractivity contribution in [2.75, 3.05) is 27.2 Å². The number of aldehydes is 1. The summed E-state index contributed by atoms with van der Waals surface area (Å²) < 4.78 is 35.0. The fraction of sp³-hybridized carbons (Fsp3) is 0.393. The summed E-state index contributed by atoms with van der Waals surface area (Å²) in [5.41, 5.74) is 0.992. The quantitative estimate of drug-likeness (QED) is 0.396. The lowest BCUT2D eigenvalue weighted by molar-refractivity contribution is -0.150. The number of amides is 1. The molecule has 0 spiro atoms. The number of likely N-dealkylation sites (tertiary alicyclic amines) is 1. The number of benzene rings is 2. The Hall–Kier alpha value is -3.34. The van der Waals surface area contributed by atoms with Crippen LogP contribution in [0.5, 0.6) is 5.75 Å². The number of pyridine rings is 1. The summed E-state index contributed by atoms with van der Waals surface area (Å²) in [6, 6.07) is 16.0. The van der Waals surface area contributed by atoms with Crippen molar-refractivity contribution in [3.8, 4) is 5.75 Å². The predicted molar refractivity (Wildman–Crippen MR) is 145 cm³/mol. The van der Waals surface area contributed by atoms with Gasteiger partial charge in [-0.15, -0.1) is 0 Å². The van der Waals surface area contributed by atoms with Gasteiger partial charge >= 0.3 is 0 Å². The molecule has 4 rings (SSSR count). The molecule has 1 N–H and O–H groups in total. The van der Waals surface area contributed by atoms with Gasteiger partial charge in [0, 0.05) is 36.2 Å². The van der Waals surface area contributed by atoms with Crippen molar-refractivity contribution < 1.29 is 22.7 Å². The van der Waals surface area contributed by atoms with Crippen LogP contribution in [0.15, 0.2) is 59.5 Å². The maximum absolute atomic E-state index is 13.2. The zero-order chi connectivity index (χ0) is 27.7. The summed E-state index contributed by atoms with van der Waals surface area (Å²) in [6.45, 7) is 6.11. The van der Waals surface area contributed by atoms with E-state index in [4.69, 9.17) is 4.74 Å². The van der Waals surface area contributed by atoms with Crippen molar-refractivity contribution >= 4 is 33.1 Å². The Kier molecular flexibility index (Phi) is 7.60. The number of hydrogen-bond donors (Lipinski definition) is 1. The van der Waals surface area contributed by atoms with Crippen LogP contribution in [-0.2, 0) is 26.2 Å². The molecule has 1 aromatic heterocycles. The highest BCUT2D eigenvalue weighted by Gasteiger charge is 2.50. The minimum absolute atomic E-state index is 0.0289. The Morgan fingerprint density at radius 1 is 1.16 bits per heavy atom. The van der Waals surface area contributed by atoms with Gasteiger partial charge in [-0.3, -0.25) is 14.7 Å². The van der Waals surface area contributed by atoms with Crippen LogP contribution in [0, 0.1) is 6.92 Å². The van der Waals surface area contributed by atoms with Gasteiger partial charge in [0.05, 0.1) is 21.5 Å². The molecule has 38 heavy (non-hydrogen) atoms. The van der Waals surface area contributed by atoms with Gasteiger partial charge < -0.3 is 14.4 Å². The van der Waals surface area contributed by atoms with E-state index >= 15 is 0 Å². The van der Waals surface area contributed by atoms with Gasteiger partial charge in [-0.05, 0) is 71.3 Å². The topological polar surface area (TPSA) is 109 Å². The lowest BCUT2D eigenvalue weighted by Gasteiger charge is -2.52. The standard InChI is InChI=1S/C28H34N4O5S/c1-20-16-21(24-8-6-7-9-25(24)29-20)17-37-22-10-12-23(13-11-22)38(35,36)30-28(14-15-33)18-32(19-28)26(34)27(2,3)31(4)5/h6-13,15-16,30H,14,17-19H2,1-5H3. The van der Waals surface area contributed by atoms with E-state index in [0.717, 1.165) is 22.2 Å². The van der Waals surface area contributed by atoms with Crippen LogP contribution in [0.25, 0.3) is 10.9 Å². The number of aryl methyl sites for hydroxylation is 1. The molecule has 1 amide bonds. The molecular formula is C28H34N4O5S. The van der Waals surface area contributed by atoms with E-state index in [1.807, 2.05) is 51.4 Å². The highest BCUT2D eigenvalue weighted by Crippen LogP contribution is 2.30. The van der Waals surface area contributed by atoms with E-state index in [0.29, 0.717) is 18.6 Å². The molecule has 9 nitrogen and oxygen atoms in total. The first-order chi connectivity index (χ1) is 17.9.